The van der Waals surface area contributed by atoms with Gasteiger partial charge in [-0.15, -0.1) is 0 Å². The Hall–Kier alpha value is -1.73. The molecule has 1 aromatic carbocycles. The fourth-order valence-corrected chi connectivity index (χ4v) is 3.60. The summed E-state index contributed by atoms with van der Waals surface area (Å²) in [6, 6.07) is 5.07. The Morgan fingerprint density at radius 2 is 2.00 bits per heavy atom. The third-order valence-corrected chi connectivity index (χ3v) is 6.12. The van der Waals surface area contributed by atoms with Crippen molar-refractivity contribution in [3.05, 3.63) is 53.9 Å². The van der Waals surface area contributed by atoms with Crippen molar-refractivity contribution in [3.63, 3.8) is 0 Å². The molecule has 1 aliphatic rings. The third kappa shape index (κ3) is 2.71. The lowest BCUT2D eigenvalue weighted by Crippen LogP contribution is -2.37. The molecule has 1 saturated carbocycles. The van der Waals surface area contributed by atoms with Crippen molar-refractivity contribution in [2.24, 2.45) is 0 Å². The molecule has 1 heterocycles. The summed E-state index contributed by atoms with van der Waals surface area (Å²) in [4.78, 5) is 7.04. The van der Waals surface area contributed by atoms with Gasteiger partial charge in [-0.1, -0.05) is 12.1 Å². The molecule has 1 aliphatic carbocycles. The lowest BCUT2D eigenvalue weighted by Gasteiger charge is -2.20. The van der Waals surface area contributed by atoms with Crippen LogP contribution >= 0.6 is 0 Å². The monoisotopic (exact) mass is 309 g/mol. The topological polar surface area (TPSA) is 74.8 Å². The minimum atomic E-state index is -3.47. The predicted octanol–water partition coefficient (Wildman–Crippen LogP) is 2.11. The zero-order valence-corrected chi connectivity index (χ0v) is 12.3. The number of hydrogen-bond donors (Lipinski definition) is 2. The number of imidazole rings is 1. The Morgan fingerprint density at radius 3 is 2.52 bits per heavy atom. The van der Waals surface area contributed by atoms with Crippen LogP contribution in [0.1, 0.15) is 37.2 Å². The lowest BCUT2D eigenvalue weighted by atomic mass is 10.1. The van der Waals surface area contributed by atoms with E-state index in [-0.39, 0.29) is 5.82 Å². The number of rotatable bonds is 5. The van der Waals surface area contributed by atoms with Crippen molar-refractivity contribution < 1.29 is 12.8 Å². The van der Waals surface area contributed by atoms with Crippen molar-refractivity contribution in [1.82, 2.24) is 14.7 Å². The minimum absolute atomic E-state index is 0.367. The van der Waals surface area contributed by atoms with Crippen molar-refractivity contribution in [3.8, 4) is 0 Å². The Morgan fingerprint density at radius 1 is 1.33 bits per heavy atom. The summed E-state index contributed by atoms with van der Waals surface area (Å²) in [7, 11) is -3.47. The van der Waals surface area contributed by atoms with Crippen LogP contribution in [0, 0.1) is 5.82 Å². The average Bonchev–Trinajstić information content (AvgIpc) is 3.01. The third-order valence-electron chi connectivity index (χ3n) is 3.87. The summed E-state index contributed by atoms with van der Waals surface area (Å²) < 4.78 is 39.9. The summed E-state index contributed by atoms with van der Waals surface area (Å²) in [5.74, 6) is 0.114. The van der Waals surface area contributed by atoms with E-state index in [0.717, 1.165) is 0 Å². The molecule has 2 aromatic rings. The maximum absolute atomic E-state index is 13.1. The second-order valence-corrected chi connectivity index (χ2v) is 7.76. The molecule has 0 radical (unpaired) electrons. The first-order chi connectivity index (χ1) is 9.91. The van der Waals surface area contributed by atoms with E-state index in [9.17, 15) is 12.8 Å². The number of nitrogens with one attached hydrogen (secondary N) is 2. The Balaban J connectivity index is 1.96. The molecule has 0 saturated heterocycles. The number of aromatic nitrogens is 2. The maximum atomic E-state index is 13.1. The summed E-state index contributed by atoms with van der Waals surface area (Å²) in [6.45, 7) is 1.72. The second-order valence-electron chi connectivity index (χ2n) is 5.53. The zero-order valence-electron chi connectivity index (χ0n) is 11.5. The van der Waals surface area contributed by atoms with Gasteiger partial charge in [0.15, 0.2) is 0 Å². The standard InChI is InChI=1S/C14H16FN3O2S/c1-14(6-7-14)21(19,20)18-12(13-16-8-9-17-13)10-2-4-11(15)5-3-10/h2-5,8-9,12,18H,6-7H2,1H3,(H,16,17)/t12-/m1/s1. The summed E-state index contributed by atoms with van der Waals surface area (Å²) in [6.07, 6.45) is 4.48. The van der Waals surface area contributed by atoms with Gasteiger partial charge in [-0.05, 0) is 37.5 Å². The molecular weight excluding hydrogens is 293 g/mol. The molecule has 21 heavy (non-hydrogen) atoms. The molecule has 0 spiro atoms. The fraction of sp³-hybridized carbons (Fsp3) is 0.357. The van der Waals surface area contributed by atoms with Crippen LogP contribution in [0.15, 0.2) is 36.7 Å². The fourth-order valence-electron chi connectivity index (χ4n) is 2.11. The van der Waals surface area contributed by atoms with Gasteiger partial charge < -0.3 is 4.98 Å². The van der Waals surface area contributed by atoms with Crippen LogP contribution in [0.5, 0.6) is 0 Å². The van der Waals surface area contributed by atoms with Crippen LogP contribution in [-0.4, -0.2) is 23.1 Å². The lowest BCUT2D eigenvalue weighted by molar-refractivity contribution is 0.553. The molecule has 1 fully saturated rings. The number of sulfonamides is 1. The van der Waals surface area contributed by atoms with E-state index in [1.165, 1.54) is 12.1 Å². The number of halogens is 1. The molecule has 0 unspecified atom stereocenters. The van der Waals surface area contributed by atoms with Crippen LogP contribution in [0.3, 0.4) is 0 Å². The Labute approximate surface area is 122 Å². The zero-order chi connectivity index (χ0) is 15.1. The number of H-pyrrole nitrogens is 1. The van der Waals surface area contributed by atoms with Crippen molar-refractivity contribution in [2.45, 2.75) is 30.6 Å². The summed E-state index contributed by atoms with van der Waals surface area (Å²) >= 11 is 0. The van der Waals surface area contributed by atoms with E-state index in [1.54, 1.807) is 31.5 Å². The first kappa shape index (κ1) is 14.2. The van der Waals surface area contributed by atoms with Crippen LogP contribution in [-0.2, 0) is 10.0 Å². The van der Waals surface area contributed by atoms with E-state index >= 15 is 0 Å². The summed E-state index contributed by atoms with van der Waals surface area (Å²) in [5, 5.41) is 0. The Bertz CT molecular complexity index is 722. The van der Waals surface area contributed by atoms with Gasteiger partial charge in [0.2, 0.25) is 10.0 Å². The Kier molecular flexibility index (Phi) is 3.33. The van der Waals surface area contributed by atoms with Crippen LogP contribution in [0.25, 0.3) is 0 Å². The molecule has 1 aromatic heterocycles. The molecule has 1 atom stereocenters. The number of aromatic amines is 1. The molecule has 3 rings (SSSR count). The van der Waals surface area contributed by atoms with E-state index in [4.69, 9.17) is 0 Å². The van der Waals surface area contributed by atoms with Gasteiger partial charge in [-0.2, -0.15) is 4.72 Å². The van der Waals surface area contributed by atoms with Crippen LogP contribution in [0.2, 0.25) is 0 Å². The molecule has 5 nitrogen and oxygen atoms in total. The van der Waals surface area contributed by atoms with Crippen LogP contribution in [0.4, 0.5) is 4.39 Å². The van der Waals surface area contributed by atoms with Gasteiger partial charge >= 0.3 is 0 Å². The first-order valence-electron chi connectivity index (χ1n) is 6.68. The highest BCUT2D eigenvalue weighted by Crippen LogP contribution is 2.43. The van der Waals surface area contributed by atoms with Gasteiger partial charge in [-0.25, -0.2) is 17.8 Å². The molecule has 7 heteroatoms. The van der Waals surface area contributed by atoms with Gasteiger partial charge in [0.25, 0.3) is 0 Å². The van der Waals surface area contributed by atoms with Crippen molar-refractivity contribution in [1.29, 1.82) is 0 Å². The summed E-state index contributed by atoms with van der Waals surface area (Å²) in [5.41, 5.74) is 0.638. The highest BCUT2D eigenvalue weighted by Gasteiger charge is 2.50. The molecule has 2 N–H and O–H groups in total. The van der Waals surface area contributed by atoms with Gasteiger partial charge in [-0.3, -0.25) is 0 Å². The molecule has 0 aliphatic heterocycles. The quantitative estimate of drug-likeness (QED) is 0.888. The average molecular weight is 309 g/mol. The SMILES string of the molecule is CC1(S(=O)(=O)N[C@H](c2ccc(F)cc2)c2ncc[nH]2)CC1. The molecule has 0 amide bonds. The normalized spacial score (nSPS) is 18.4. The molecule has 0 bridgehead atoms. The van der Waals surface area contributed by atoms with Gasteiger partial charge in [0.1, 0.15) is 17.7 Å². The minimum Gasteiger partial charge on any atom is -0.347 e. The number of benzene rings is 1. The van der Waals surface area contributed by atoms with Crippen molar-refractivity contribution >= 4 is 10.0 Å². The van der Waals surface area contributed by atoms with E-state index in [1.807, 2.05) is 0 Å². The van der Waals surface area contributed by atoms with Gasteiger partial charge in [0.05, 0.1) is 4.75 Å². The van der Waals surface area contributed by atoms with Crippen molar-refractivity contribution in [2.75, 3.05) is 0 Å². The molecular formula is C14H16FN3O2S. The van der Waals surface area contributed by atoms with E-state index < -0.39 is 20.8 Å². The largest absolute Gasteiger partial charge is 0.347 e. The smallest absolute Gasteiger partial charge is 0.218 e. The predicted molar refractivity (Wildman–Crippen MR) is 76.5 cm³/mol. The second kappa shape index (κ2) is 4.92. The maximum Gasteiger partial charge on any atom is 0.218 e. The number of hydrogen-bond acceptors (Lipinski definition) is 3. The highest BCUT2D eigenvalue weighted by atomic mass is 32.2. The van der Waals surface area contributed by atoms with E-state index in [0.29, 0.717) is 24.2 Å². The molecule has 112 valence electrons. The first-order valence-corrected chi connectivity index (χ1v) is 8.16. The highest BCUT2D eigenvalue weighted by molar-refractivity contribution is 7.91. The number of nitrogens with zero attached hydrogens (tertiary/aromatic N) is 1. The van der Waals surface area contributed by atoms with E-state index in [2.05, 4.69) is 14.7 Å². The van der Waals surface area contributed by atoms with Gasteiger partial charge in [0, 0.05) is 12.4 Å². The van der Waals surface area contributed by atoms with Crippen LogP contribution < -0.4 is 4.72 Å².